The minimum absolute atomic E-state index is 0.00817. The minimum Gasteiger partial charge on any atom is -0.492 e. The number of hydrogen-bond donors (Lipinski definition) is 1. The van der Waals surface area contributed by atoms with E-state index in [1.54, 1.807) is 4.31 Å². The minimum atomic E-state index is -3.17. The van der Waals surface area contributed by atoms with Gasteiger partial charge in [0.1, 0.15) is 18.1 Å². The summed E-state index contributed by atoms with van der Waals surface area (Å²) in [6.07, 6.45) is 2.16. The van der Waals surface area contributed by atoms with Crippen molar-refractivity contribution in [2.75, 3.05) is 32.5 Å². The SMILES string of the molecule is CC1CC(CNCCOc2ccc(Oc3nc4cccc(Cl)c4s3)cc2)N(S(C)(=O)=O)C1. The van der Waals surface area contributed by atoms with Crippen molar-refractivity contribution in [3.8, 4) is 16.7 Å². The van der Waals surface area contributed by atoms with Crippen molar-refractivity contribution >= 4 is 43.2 Å². The predicted molar refractivity (Wildman–Crippen MR) is 129 cm³/mol. The van der Waals surface area contributed by atoms with Crippen LogP contribution in [0.2, 0.25) is 5.02 Å². The van der Waals surface area contributed by atoms with Crippen LogP contribution in [0, 0.1) is 5.92 Å². The van der Waals surface area contributed by atoms with Gasteiger partial charge < -0.3 is 14.8 Å². The zero-order valence-corrected chi connectivity index (χ0v) is 20.3. The maximum absolute atomic E-state index is 11.9. The molecule has 2 unspecified atom stereocenters. The summed E-state index contributed by atoms with van der Waals surface area (Å²) in [5.41, 5.74) is 0.816. The molecule has 1 fully saturated rings. The fourth-order valence-electron chi connectivity index (χ4n) is 3.86. The molecule has 1 N–H and O–H groups in total. The molecular weight excluding hydrogens is 470 g/mol. The van der Waals surface area contributed by atoms with Crippen molar-refractivity contribution in [1.29, 1.82) is 0 Å². The van der Waals surface area contributed by atoms with Crippen LogP contribution < -0.4 is 14.8 Å². The highest BCUT2D eigenvalue weighted by Gasteiger charge is 2.34. The Morgan fingerprint density at radius 1 is 1.22 bits per heavy atom. The van der Waals surface area contributed by atoms with Crippen molar-refractivity contribution in [1.82, 2.24) is 14.6 Å². The van der Waals surface area contributed by atoms with Gasteiger partial charge in [0.2, 0.25) is 10.0 Å². The number of hydrogen-bond acceptors (Lipinski definition) is 7. The summed E-state index contributed by atoms with van der Waals surface area (Å²) >= 11 is 7.61. The van der Waals surface area contributed by atoms with Crippen molar-refractivity contribution in [2.45, 2.75) is 19.4 Å². The lowest BCUT2D eigenvalue weighted by Crippen LogP contribution is -2.41. The fraction of sp³-hybridized carbons (Fsp3) is 0.409. The number of benzene rings is 2. The van der Waals surface area contributed by atoms with E-state index in [-0.39, 0.29) is 6.04 Å². The molecule has 0 amide bonds. The second kappa shape index (κ2) is 9.93. The van der Waals surface area contributed by atoms with E-state index in [9.17, 15) is 8.42 Å². The molecule has 0 saturated carbocycles. The first-order valence-electron chi connectivity index (χ1n) is 10.4. The van der Waals surface area contributed by atoms with Gasteiger partial charge in [0.15, 0.2) is 0 Å². The van der Waals surface area contributed by atoms with Crippen molar-refractivity contribution in [3.63, 3.8) is 0 Å². The highest BCUT2D eigenvalue weighted by molar-refractivity contribution is 7.88. The van der Waals surface area contributed by atoms with Gasteiger partial charge in [-0.1, -0.05) is 35.9 Å². The van der Waals surface area contributed by atoms with E-state index in [1.807, 2.05) is 42.5 Å². The van der Waals surface area contributed by atoms with Gasteiger partial charge in [-0.25, -0.2) is 13.4 Å². The Morgan fingerprint density at radius 3 is 2.69 bits per heavy atom. The first-order valence-corrected chi connectivity index (χ1v) is 13.5. The molecule has 1 aromatic heterocycles. The Balaban J connectivity index is 1.22. The first kappa shape index (κ1) is 23.3. The van der Waals surface area contributed by atoms with Crippen LogP contribution >= 0.6 is 22.9 Å². The molecule has 4 rings (SSSR count). The molecule has 1 aliphatic rings. The normalized spacial score (nSPS) is 19.5. The molecule has 0 spiro atoms. The van der Waals surface area contributed by atoms with Crippen LogP contribution in [0.4, 0.5) is 0 Å². The highest BCUT2D eigenvalue weighted by Crippen LogP contribution is 2.35. The van der Waals surface area contributed by atoms with Crippen LogP contribution in [0.15, 0.2) is 42.5 Å². The number of ether oxygens (including phenoxy) is 2. The Kier molecular flexibility index (Phi) is 7.21. The quantitative estimate of drug-likeness (QED) is 0.444. The van der Waals surface area contributed by atoms with Crippen LogP contribution in [-0.2, 0) is 10.0 Å². The molecule has 2 aromatic carbocycles. The van der Waals surface area contributed by atoms with Gasteiger partial charge in [0.25, 0.3) is 5.19 Å². The Bertz CT molecular complexity index is 1170. The lowest BCUT2D eigenvalue weighted by Gasteiger charge is -2.22. The van der Waals surface area contributed by atoms with E-state index in [2.05, 4.69) is 17.2 Å². The summed E-state index contributed by atoms with van der Waals surface area (Å²) in [7, 11) is -3.17. The third-order valence-electron chi connectivity index (χ3n) is 5.30. The first-order chi connectivity index (χ1) is 15.3. The van der Waals surface area contributed by atoms with E-state index in [0.29, 0.717) is 48.1 Å². The fourth-order valence-corrected chi connectivity index (χ4v) is 6.21. The number of nitrogens with one attached hydrogen (secondary N) is 1. The maximum Gasteiger partial charge on any atom is 0.279 e. The Labute approximate surface area is 197 Å². The number of fused-ring (bicyclic) bond motifs is 1. The van der Waals surface area contributed by atoms with Crippen LogP contribution in [-0.4, -0.2) is 56.2 Å². The number of thiazole rings is 1. The van der Waals surface area contributed by atoms with Crippen molar-refractivity contribution in [3.05, 3.63) is 47.5 Å². The van der Waals surface area contributed by atoms with E-state index in [0.717, 1.165) is 22.4 Å². The van der Waals surface area contributed by atoms with E-state index < -0.39 is 10.0 Å². The molecule has 3 aromatic rings. The lowest BCUT2D eigenvalue weighted by atomic mass is 10.1. The molecule has 0 bridgehead atoms. The third-order valence-corrected chi connectivity index (χ3v) is 8.01. The second-order valence-corrected chi connectivity index (χ2v) is 11.3. The van der Waals surface area contributed by atoms with Crippen LogP contribution in [0.5, 0.6) is 16.7 Å². The van der Waals surface area contributed by atoms with Gasteiger partial charge in [-0.3, -0.25) is 0 Å². The number of rotatable bonds is 9. The van der Waals surface area contributed by atoms with Gasteiger partial charge in [-0.15, -0.1) is 0 Å². The molecule has 0 radical (unpaired) electrons. The number of halogens is 1. The summed E-state index contributed by atoms with van der Waals surface area (Å²) in [6, 6.07) is 13.0. The molecular formula is C22H26ClN3O4S2. The van der Waals surface area contributed by atoms with Crippen LogP contribution in [0.1, 0.15) is 13.3 Å². The molecule has 172 valence electrons. The van der Waals surface area contributed by atoms with Gasteiger partial charge in [-0.2, -0.15) is 4.31 Å². The zero-order chi connectivity index (χ0) is 22.7. The zero-order valence-electron chi connectivity index (χ0n) is 18.0. The van der Waals surface area contributed by atoms with Crippen molar-refractivity contribution < 1.29 is 17.9 Å². The number of sulfonamides is 1. The highest BCUT2D eigenvalue weighted by atomic mass is 35.5. The molecule has 1 saturated heterocycles. The Morgan fingerprint density at radius 2 is 1.97 bits per heavy atom. The molecule has 32 heavy (non-hydrogen) atoms. The average molecular weight is 496 g/mol. The maximum atomic E-state index is 11.9. The van der Waals surface area contributed by atoms with E-state index >= 15 is 0 Å². The van der Waals surface area contributed by atoms with Crippen molar-refractivity contribution in [2.24, 2.45) is 5.92 Å². The summed E-state index contributed by atoms with van der Waals surface area (Å²) in [6.45, 7) is 4.42. The molecule has 2 heterocycles. The summed E-state index contributed by atoms with van der Waals surface area (Å²) in [5.74, 6) is 1.79. The van der Waals surface area contributed by atoms with Gasteiger partial charge in [0, 0.05) is 25.7 Å². The summed E-state index contributed by atoms with van der Waals surface area (Å²) in [5, 5.41) is 4.51. The summed E-state index contributed by atoms with van der Waals surface area (Å²) in [4.78, 5) is 4.45. The van der Waals surface area contributed by atoms with E-state index in [1.165, 1.54) is 17.6 Å². The van der Waals surface area contributed by atoms with Gasteiger partial charge in [0.05, 0.1) is 21.5 Å². The van der Waals surface area contributed by atoms with Crippen LogP contribution in [0.25, 0.3) is 10.2 Å². The molecule has 7 nitrogen and oxygen atoms in total. The molecule has 0 aliphatic carbocycles. The standard InChI is InChI=1S/C22H26ClN3O4S2/c1-15-12-16(26(14-15)32(2,27)28)13-24-10-11-29-17-6-8-18(9-7-17)30-22-25-20-5-3-4-19(23)21(20)31-22/h3-9,15-16,24H,10-14H2,1-2H3. The monoisotopic (exact) mass is 495 g/mol. The Hall–Kier alpha value is -1.91. The molecule has 10 heteroatoms. The van der Waals surface area contributed by atoms with E-state index in [4.69, 9.17) is 21.1 Å². The van der Waals surface area contributed by atoms with Crippen LogP contribution in [0.3, 0.4) is 0 Å². The summed E-state index contributed by atoms with van der Waals surface area (Å²) < 4.78 is 38.0. The van der Waals surface area contributed by atoms with Gasteiger partial charge >= 0.3 is 0 Å². The number of nitrogens with zero attached hydrogens (tertiary/aromatic N) is 2. The largest absolute Gasteiger partial charge is 0.492 e. The lowest BCUT2D eigenvalue weighted by molar-refractivity contribution is 0.303. The third kappa shape index (κ3) is 5.71. The van der Waals surface area contributed by atoms with Gasteiger partial charge in [-0.05, 0) is 48.7 Å². The smallest absolute Gasteiger partial charge is 0.279 e. The predicted octanol–water partition coefficient (Wildman–Crippen LogP) is 4.38. The second-order valence-electron chi connectivity index (χ2n) is 8.02. The molecule has 1 aliphatic heterocycles. The topological polar surface area (TPSA) is 80.8 Å². The average Bonchev–Trinajstić information content (AvgIpc) is 3.32. The number of aromatic nitrogens is 1. The molecule has 2 atom stereocenters.